The van der Waals surface area contributed by atoms with E-state index < -0.39 is 0 Å². The summed E-state index contributed by atoms with van der Waals surface area (Å²) in [6.07, 6.45) is 1.93. The first-order chi connectivity index (χ1) is 11.9. The minimum atomic E-state index is 0. The number of rotatable bonds is 6. The highest BCUT2D eigenvalue weighted by atomic mass is 127. The van der Waals surface area contributed by atoms with Crippen molar-refractivity contribution in [2.75, 3.05) is 53.4 Å². The highest BCUT2D eigenvalue weighted by Crippen LogP contribution is 2.14. The third kappa shape index (κ3) is 6.58. The lowest BCUT2D eigenvalue weighted by Gasteiger charge is -2.38. The average Bonchev–Trinajstić information content (AvgIpc) is 2.92. The van der Waals surface area contributed by atoms with Crippen molar-refractivity contribution >= 4 is 41.5 Å². The van der Waals surface area contributed by atoms with E-state index in [0.29, 0.717) is 6.04 Å². The molecule has 2 rings (SSSR count). The van der Waals surface area contributed by atoms with E-state index in [2.05, 4.69) is 50.5 Å². The fourth-order valence-corrected chi connectivity index (χ4v) is 3.59. The fraction of sp³-hybridized carbons (Fsp3) is 0.722. The van der Waals surface area contributed by atoms with Gasteiger partial charge in [-0.1, -0.05) is 18.5 Å². The summed E-state index contributed by atoms with van der Waals surface area (Å²) >= 11 is 6.08. The van der Waals surface area contributed by atoms with Crippen molar-refractivity contribution in [1.29, 1.82) is 0 Å². The van der Waals surface area contributed by atoms with Gasteiger partial charge in [-0.05, 0) is 19.5 Å². The predicted octanol–water partition coefficient (Wildman–Crippen LogP) is 2.33. The Morgan fingerprint density at radius 2 is 2.00 bits per heavy atom. The molecule has 1 aliphatic heterocycles. The Hall–Kier alpha value is -0.510. The molecule has 1 saturated heterocycles. The molecule has 6 nitrogen and oxygen atoms in total. The smallest absolute Gasteiger partial charge is 0.193 e. The van der Waals surface area contributed by atoms with Gasteiger partial charge in [0.1, 0.15) is 0 Å². The lowest BCUT2D eigenvalue weighted by atomic mass is 10.2. The molecule has 26 heavy (non-hydrogen) atoms. The highest BCUT2D eigenvalue weighted by Gasteiger charge is 2.20. The van der Waals surface area contributed by atoms with E-state index in [1.807, 2.05) is 26.4 Å². The summed E-state index contributed by atoms with van der Waals surface area (Å²) in [7, 11) is 5.91. The summed E-state index contributed by atoms with van der Waals surface area (Å²) in [6, 6.07) is 2.50. The van der Waals surface area contributed by atoms with Gasteiger partial charge in [-0.2, -0.15) is 0 Å². The summed E-state index contributed by atoms with van der Waals surface area (Å²) in [6.45, 7) is 12.0. The topological polar surface area (TPSA) is 39.0 Å². The highest BCUT2D eigenvalue weighted by molar-refractivity contribution is 14.0. The first kappa shape index (κ1) is 23.5. The van der Waals surface area contributed by atoms with Gasteiger partial charge in [0.15, 0.2) is 5.96 Å². The van der Waals surface area contributed by atoms with Gasteiger partial charge in [0.25, 0.3) is 0 Å². The standard InChI is InChI=1S/C18H33ClN6.HI/c1-6-24-7-9-25(10-8-24)15(2)12-21-18(20-3)23(5)14-17-11-16(19)13-22(17)4;/h11,13,15H,6-10,12,14H2,1-5H3,(H,20,21);1H. The second kappa shape index (κ2) is 11.4. The van der Waals surface area contributed by atoms with Gasteiger partial charge in [-0.15, -0.1) is 24.0 Å². The number of nitrogens with one attached hydrogen (secondary N) is 1. The fourth-order valence-electron chi connectivity index (χ4n) is 3.31. The number of aliphatic imine (C=N–C) groups is 1. The minimum Gasteiger partial charge on any atom is -0.355 e. The Morgan fingerprint density at radius 3 is 2.50 bits per heavy atom. The molecule has 1 aliphatic rings. The van der Waals surface area contributed by atoms with E-state index in [-0.39, 0.29) is 24.0 Å². The molecular formula is C18H34ClIN6. The SMILES string of the molecule is CCN1CCN(C(C)CNC(=NC)N(C)Cc2cc(Cl)cn2C)CC1.I. The molecule has 1 aromatic rings. The molecule has 150 valence electrons. The maximum atomic E-state index is 6.08. The van der Waals surface area contributed by atoms with Gasteiger partial charge in [0.2, 0.25) is 0 Å². The number of likely N-dealkylation sites (N-methyl/N-ethyl adjacent to an activating group) is 1. The third-order valence-electron chi connectivity index (χ3n) is 5.08. The lowest BCUT2D eigenvalue weighted by Crippen LogP contribution is -2.53. The van der Waals surface area contributed by atoms with Gasteiger partial charge in [-0.3, -0.25) is 9.89 Å². The number of halogens is 2. The molecular weight excluding hydrogens is 463 g/mol. The van der Waals surface area contributed by atoms with Crippen molar-refractivity contribution in [3.05, 3.63) is 23.0 Å². The summed E-state index contributed by atoms with van der Waals surface area (Å²) in [5, 5.41) is 4.29. The van der Waals surface area contributed by atoms with Crippen molar-refractivity contribution in [2.24, 2.45) is 12.0 Å². The summed E-state index contributed by atoms with van der Waals surface area (Å²) in [5.41, 5.74) is 1.17. The Balaban J connectivity index is 0.00000338. The van der Waals surface area contributed by atoms with Crippen molar-refractivity contribution < 1.29 is 0 Å². The molecule has 1 fully saturated rings. The Bertz CT molecular complexity index is 568. The second-order valence-electron chi connectivity index (χ2n) is 6.86. The molecule has 0 spiro atoms. The number of guanidine groups is 1. The van der Waals surface area contributed by atoms with Crippen molar-refractivity contribution in [3.8, 4) is 0 Å². The van der Waals surface area contributed by atoms with Crippen LogP contribution in [0.1, 0.15) is 19.5 Å². The number of piperazine rings is 1. The molecule has 0 aromatic carbocycles. The number of nitrogens with zero attached hydrogens (tertiary/aromatic N) is 5. The van der Waals surface area contributed by atoms with Crippen LogP contribution in [-0.2, 0) is 13.6 Å². The maximum Gasteiger partial charge on any atom is 0.193 e. The van der Waals surface area contributed by atoms with Gasteiger partial charge in [0.05, 0.1) is 11.6 Å². The van der Waals surface area contributed by atoms with Crippen molar-refractivity contribution in [1.82, 2.24) is 24.6 Å². The maximum absolute atomic E-state index is 6.08. The van der Waals surface area contributed by atoms with E-state index in [4.69, 9.17) is 11.6 Å². The zero-order valence-electron chi connectivity index (χ0n) is 16.7. The van der Waals surface area contributed by atoms with Crippen LogP contribution in [0.25, 0.3) is 0 Å². The van der Waals surface area contributed by atoms with Crippen LogP contribution in [0.3, 0.4) is 0 Å². The zero-order valence-corrected chi connectivity index (χ0v) is 19.8. The average molecular weight is 497 g/mol. The molecule has 1 atom stereocenters. The van der Waals surface area contributed by atoms with Crippen molar-refractivity contribution in [3.63, 3.8) is 0 Å². The normalized spacial score (nSPS) is 17.7. The molecule has 1 aromatic heterocycles. The minimum absolute atomic E-state index is 0. The Morgan fingerprint density at radius 1 is 1.35 bits per heavy atom. The first-order valence-corrected chi connectivity index (χ1v) is 9.51. The molecule has 0 saturated carbocycles. The molecule has 1 unspecified atom stereocenters. The van der Waals surface area contributed by atoms with Crippen LogP contribution in [0.2, 0.25) is 5.02 Å². The first-order valence-electron chi connectivity index (χ1n) is 9.13. The molecule has 0 radical (unpaired) electrons. The zero-order chi connectivity index (χ0) is 18.4. The van der Waals surface area contributed by atoms with Gasteiger partial charge >= 0.3 is 0 Å². The third-order valence-corrected chi connectivity index (χ3v) is 5.29. The monoisotopic (exact) mass is 496 g/mol. The Kier molecular flexibility index (Phi) is 10.3. The predicted molar refractivity (Wildman–Crippen MR) is 122 cm³/mol. The number of hydrogen-bond donors (Lipinski definition) is 1. The van der Waals surface area contributed by atoms with E-state index in [0.717, 1.165) is 43.7 Å². The van der Waals surface area contributed by atoms with Crippen LogP contribution in [0.4, 0.5) is 0 Å². The lowest BCUT2D eigenvalue weighted by molar-refractivity contribution is 0.107. The quantitative estimate of drug-likeness (QED) is 0.373. The summed E-state index contributed by atoms with van der Waals surface area (Å²) < 4.78 is 2.06. The van der Waals surface area contributed by atoms with E-state index in [1.165, 1.54) is 18.8 Å². The number of hydrogen-bond acceptors (Lipinski definition) is 3. The van der Waals surface area contributed by atoms with Crippen LogP contribution < -0.4 is 5.32 Å². The number of aryl methyl sites for hydroxylation is 1. The van der Waals surface area contributed by atoms with Crippen molar-refractivity contribution in [2.45, 2.75) is 26.4 Å². The largest absolute Gasteiger partial charge is 0.355 e. The van der Waals surface area contributed by atoms with E-state index in [1.54, 1.807) is 0 Å². The van der Waals surface area contributed by atoms with E-state index in [9.17, 15) is 0 Å². The molecule has 8 heteroatoms. The van der Waals surface area contributed by atoms with Gasteiger partial charge in [-0.25, -0.2) is 0 Å². The molecule has 0 amide bonds. The van der Waals surface area contributed by atoms with Crippen LogP contribution in [0.5, 0.6) is 0 Å². The van der Waals surface area contributed by atoms with Gasteiger partial charge in [0, 0.05) is 71.8 Å². The van der Waals surface area contributed by atoms with Crippen LogP contribution in [0.15, 0.2) is 17.3 Å². The molecule has 0 bridgehead atoms. The van der Waals surface area contributed by atoms with Gasteiger partial charge < -0.3 is 19.7 Å². The summed E-state index contributed by atoms with van der Waals surface area (Å²) in [5.74, 6) is 0.913. The Labute approximate surface area is 180 Å². The van der Waals surface area contributed by atoms with E-state index >= 15 is 0 Å². The molecule has 1 N–H and O–H groups in total. The second-order valence-corrected chi connectivity index (χ2v) is 7.30. The van der Waals surface area contributed by atoms with Crippen LogP contribution in [-0.4, -0.2) is 84.6 Å². The van der Waals surface area contributed by atoms with Crippen LogP contribution >= 0.6 is 35.6 Å². The summed E-state index contributed by atoms with van der Waals surface area (Å²) in [4.78, 5) is 11.6. The molecule has 0 aliphatic carbocycles. The molecule has 2 heterocycles. The number of aromatic nitrogens is 1. The van der Waals surface area contributed by atoms with Crippen LogP contribution in [0, 0.1) is 0 Å².